The first-order valence-corrected chi connectivity index (χ1v) is 8.73. The number of rotatable bonds is 6. The van der Waals surface area contributed by atoms with Crippen molar-refractivity contribution in [3.63, 3.8) is 0 Å². The number of nitrogens with one attached hydrogen (secondary N) is 1. The van der Waals surface area contributed by atoms with E-state index in [2.05, 4.69) is 20.7 Å². The molecule has 0 saturated heterocycles. The molecule has 0 fully saturated rings. The smallest absolute Gasteiger partial charge is 0.235 e. The van der Waals surface area contributed by atoms with Crippen molar-refractivity contribution in [2.45, 2.75) is 6.92 Å². The Hall–Kier alpha value is -1.11. The summed E-state index contributed by atoms with van der Waals surface area (Å²) in [6.45, 7) is 2.54. The molecule has 0 aliphatic rings. The monoisotopic (exact) mass is 357 g/mol. The van der Waals surface area contributed by atoms with E-state index in [0.29, 0.717) is 12.3 Å². The summed E-state index contributed by atoms with van der Waals surface area (Å²) in [7, 11) is -3.40. The molecular weight excluding hydrogens is 342 g/mol. The number of hydrogen-bond donors (Lipinski definition) is 1. The van der Waals surface area contributed by atoms with Crippen molar-refractivity contribution in [2.24, 2.45) is 0 Å². The van der Waals surface area contributed by atoms with Crippen LogP contribution in [0.4, 0.5) is 5.69 Å². The third-order valence-corrected chi connectivity index (χ3v) is 4.76. The lowest BCUT2D eigenvalue weighted by Crippen LogP contribution is -2.20. The number of anilines is 1. The molecule has 6 heteroatoms. The number of ether oxygens (including phenoxy) is 1. The predicted molar refractivity (Wildman–Crippen MR) is 85.6 cm³/mol. The number of halogens is 1. The van der Waals surface area contributed by atoms with Gasteiger partial charge in [-0.1, -0.05) is 40.2 Å². The molecule has 1 N–H and O–H groups in total. The highest BCUT2D eigenvalue weighted by Crippen LogP contribution is 2.30. The zero-order valence-corrected chi connectivity index (χ0v) is 13.5. The first kappa shape index (κ1) is 15.3. The van der Waals surface area contributed by atoms with Crippen LogP contribution in [0, 0.1) is 0 Å². The second-order valence-electron chi connectivity index (χ2n) is 4.26. The standard InChI is InChI=1S/C14H16BrNO3S/c1-2-19-9-10-20(17,18)16-14-8-7-13(15)11-5-3-4-6-12(11)14/h3-8,16H,2,9-10H2,1H3. The van der Waals surface area contributed by atoms with E-state index in [9.17, 15) is 8.42 Å². The van der Waals surface area contributed by atoms with Gasteiger partial charge in [0.05, 0.1) is 18.0 Å². The Bertz CT molecular complexity index is 701. The van der Waals surface area contributed by atoms with E-state index in [1.54, 1.807) is 6.07 Å². The number of hydrogen-bond acceptors (Lipinski definition) is 3. The largest absolute Gasteiger partial charge is 0.381 e. The van der Waals surface area contributed by atoms with Crippen LogP contribution >= 0.6 is 15.9 Å². The van der Waals surface area contributed by atoms with Crippen molar-refractivity contribution in [2.75, 3.05) is 23.7 Å². The van der Waals surface area contributed by atoms with Crippen LogP contribution in [0.2, 0.25) is 0 Å². The van der Waals surface area contributed by atoms with Crippen LogP contribution in [-0.4, -0.2) is 27.4 Å². The minimum Gasteiger partial charge on any atom is -0.381 e. The third-order valence-electron chi connectivity index (χ3n) is 2.84. The molecule has 2 aromatic rings. The van der Waals surface area contributed by atoms with E-state index in [1.807, 2.05) is 37.3 Å². The molecule has 0 unspecified atom stereocenters. The molecule has 20 heavy (non-hydrogen) atoms. The minimum atomic E-state index is -3.40. The first-order chi connectivity index (χ1) is 9.53. The van der Waals surface area contributed by atoms with Crippen LogP contribution in [0.5, 0.6) is 0 Å². The van der Waals surface area contributed by atoms with Crippen molar-refractivity contribution < 1.29 is 13.2 Å². The summed E-state index contributed by atoms with van der Waals surface area (Å²) in [6, 6.07) is 11.2. The number of fused-ring (bicyclic) bond motifs is 1. The lowest BCUT2D eigenvalue weighted by atomic mass is 10.1. The SMILES string of the molecule is CCOCCS(=O)(=O)Nc1ccc(Br)c2ccccc12. The summed E-state index contributed by atoms with van der Waals surface area (Å²) in [5.74, 6) is -0.0504. The van der Waals surface area contributed by atoms with E-state index >= 15 is 0 Å². The number of sulfonamides is 1. The van der Waals surface area contributed by atoms with Crippen LogP contribution in [0.15, 0.2) is 40.9 Å². The molecule has 0 bridgehead atoms. The van der Waals surface area contributed by atoms with Gasteiger partial charge in [0.25, 0.3) is 0 Å². The van der Waals surface area contributed by atoms with Gasteiger partial charge in [0, 0.05) is 16.5 Å². The Morgan fingerprint density at radius 3 is 2.55 bits per heavy atom. The Morgan fingerprint density at radius 1 is 1.15 bits per heavy atom. The summed E-state index contributed by atoms with van der Waals surface area (Å²) in [5, 5.41) is 1.83. The van der Waals surface area contributed by atoms with Crippen LogP contribution in [0.1, 0.15) is 6.92 Å². The lowest BCUT2D eigenvalue weighted by molar-refractivity contribution is 0.163. The van der Waals surface area contributed by atoms with Crippen molar-refractivity contribution in [3.8, 4) is 0 Å². The van der Waals surface area contributed by atoms with Gasteiger partial charge < -0.3 is 4.74 Å². The Morgan fingerprint density at radius 2 is 1.85 bits per heavy atom. The van der Waals surface area contributed by atoms with Crippen LogP contribution < -0.4 is 4.72 Å². The van der Waals surface area contributed by atoms with Crippen molar-refractivity contribution >= 4 is 42.4 Å². The molecule has 0 spiro atoms. The topological polar surface area (TPSA) is 55.4 Å². The highest BCUT2D eigenvalue weighted by Gasteiger charge is 2.12. The van der Waals surface area contributed by atoms with E-state index in [-0.39, 0.29) is 12.4 Å². The van der Waals surface area contributed by atoms with E-state index < -0.39 is 10.0 Å². The first-order valence-electron chi connectivity index (χ1n) is 6.29. The third kappa shape index (κ3) is 3.71. The highest BCUT2D eigenvalue weighted by molar-refractivity contribution is 9.10. The molecular formula is C14H16BrNO3S. The molecule has 0 radical (unpaired) electrons. The van der Waals surface area contributed by atoms with E-state index in [4.69, 9.17) is 4.74 Å². The van der Waals surface area contributed by atoms with Gasteiger partial charge in [-0.25, -0.2) is 8.42 Å². The van der Waals surface area contributed by atoms with Crippen molar-refractivity contribution in [1.29, 1.82) is 0 Å². The highest BCUT2D eigenvalue weighted by atomic mass is 79.9. The molecule has 0 heterocycles. The van der Waals surface area contributed by atoms with Gasteiger partial charge in [0.15, 0.2) is 0 Å². The quantitative estimate of drug-likeness (QED) is 0.806. The van der Waals surface area contributed by atoms with Gasteiger partial charge in [-0.3, -0.25) is 4.72 Å². The Labute approximate surface area is 127 Å². The fraction of sp³-hybridized carbons (Fsp3) is 0.286. The summed E-state index contributed by atoms with van der Waals surface area (Å²) in [4.78, 5) is 0. The average molecular weight is 358 g/mol. The zero-order valence-electron chi connectivity index (χ0n) is 11.1. The summed E-state index contributed by atoms with van der Waals surface area (Å²) in [5.41, 5.74) is 0.584. The molecule has 108 valence electrons. The molecule has 2 rings (SSSR count). The maximum Gasteiger partial charge on any atom is 0.235 e. The lowest BCUT2D eigenvalue weighted by Gasteiger charge is -2.11. The van der Waals surface area contributed by atoms with Crippen molar-refractivity contribution in [1.82, 2.24) is 0 Å². The molecule has 0 aromatic heterocycles. The summed E-state index contributed by atoms with van der Waals surface area (Å²) in [6.07, 6.45) is 0. The average Bonchev–Trinajstić information content (AvgIpc) is 2.42. The molecule has 0 aliphatic carbocycles. The maximum absolute atomic E-state index is 12.0. The molecule has 4 nitrogen and oxygen atoms in total. The van der Waals surface area contributed by atoms with Gasteiger partial charge in [-0.2, -0.15) is 0 Å². The van der Waals surface area contributed by atoms with Crippen molar-refractivity contribution in [3.05, 3.63) is 40.9 Å². The molecule has 0 saturated carbocycles. The number of benzene rings is 2. The van der Waals surface area contributed by atoms with E-state index in [1.165, 1.54) is 0 Å². The second kappa shape index (κ2) is 6.56. The van der Waals surface area contributed by atoms with Crippen LogP contribution in [-0.2, 0) is 14.8 Å². The molecule has 0 atom stereocenters. The fourth-order valence-electron chi connectivity index (χ4n) is 1.88. The predicted octanol–water partition coefficient (Wildman–Crippen LogP) is 3.38. The van der Waals surface area contributed by atoms with Crippen LogP contribution in [0.25, 0.3) is 10.8 Å². The van der Waals surface area contributed by atoms with E-state index in [0.717, 1.165) is 15.2 Å². The van der Waals surface area contributed by atoms with Gasteiger partial charge >= 0.3 is 0 Å². The van der Waals surface area contributed by atoms with Gasteiger partial charge in [0.2, 0.25) is 10.0 Å². The zero-order chi connectivity index (χ0) is 14.6. The normalized spacial score (nSPS) is 11.7. The van der Waals surface area contributed by atoms with Gasteiger partial charge in [-0.15, -0.1) is 0 Å². The van der Waals surface area contributed by atoms with Crippen LogP contribution in [0.3, 0.4) is 0 Å². The Kier molecular flexibility index (Phi) is 5.01. The Balaban J connectivity index is 2.28. The summed E-state index contributed by atoms with van der Waals surface area (Å²) >= 11 is 3.46. The fourth-order valence-corrected chi connectivity index (χ4v) is 3.31. The summed E-state index contributed by atoms with van der Waals surface area (Å²) < 4.78 is 32.6. The van der Waals surface area contributed by atoms with Gasteiger partial charge in [-0.05, 0) is 24.4 Å². The molecule has 0 amide bonds. The maximum atomic E-state index is 12.0. The second-order valence-corrected chi connectivity index (χ2v) is 6.95. The minimum absolute atomic E-state index is 0.0504. The van der Waals surface area contributed by atoms with Gasteiger partial charge in [0.1, 0.15) is 0 Å². The molecule has 2 aromatic carbocycles. The molecule has 0 aliphatic heterocycles.